The fourth-order valence-electron chi connectivity index (χ4n) is 14.4. The van der Waals surface area contributed by atoms with Gasteiger partial charge >= 0.3 is 0 Å². The molecule has 4 saturated heterocycles. The lowest BCUT2D eigenvalue weighted by Gasteiger charge is -2.70. The zero-order chi connectivity index (χ0) is 29.9. The molecule has 2 aliphatic carbocycles. The highest BCUT2D eigenvalue weighted by Gasteiger charge is 2.88. The number of ether oxygens (including phenoxy) is 1. The van der Waals surface area contributed by atoms with E-state index >= 15 is 0 Å². The van der Waals surface area contributed by atoms with E-state index < -0.39 is 11.4 Å². The molecule has 4 spiro atoms. The number of nitrogens with zero attached hydrogens (tertiary/aromatic N) is 4. The Bertz CT molecular complexity index is 1800. The van der Waals surface area contributed by atoms with E-state index in [1.807, 2.05) is 0 Å². The predicted octanol–water partition coefficient (Wildman–Crippen LogP) is 6.10. The maximum Gasteiger partial charge on any atom is 0.188 e. The van der Waals surface area contributed by atoms with Gasteiger partial charge in [0.05, 0.1) is 27.2 Å². The third-order valence-electron chi connectivity index (χ3n) is 15.9. The van der Waals surface area contributed by atoms with E-state index in [2.05, 4.69) is 111 Å². The smallest absolute Gasteiger partial charge is 0.188 e. The van der Waals surface area contributed by atoms with E-state index in [1.54, 1.807) is 22.3 Å². The second kappa shape index (κ2) is 7.07. The molecule has 5 heteroatoms. The number of anilines is 2. The first kappa shape index (κ1) is 25.0. The zero-order valence-corrected chi connectivity index (χ0v) is 27.1. The molecule has 10 atom stereocenters. The van der Waals surface area contributed by atoms with Gasteiger partial charge in [-0.05, 0) is 48.3 Å². The molecule has 12 rings (SSSR count). The third-order valence-corrected chi connectivity index (χ3v) is 15.9. The number of hydrogen-bond donors (Lipinski definition) is 0. The van der Waals surface area contributed by atoms with Crippen LogP contribution in [0.1, 0.15) is 50.7 Å². The quantitative estimate of drug-likeness (QED) is 0.270. The average Bonchev–Trinajstić information content (AvgIpc) is 3.72. The fourth-order valence-corrected chi connectivity index (χ4v) is 14.4. The van der Waals surface area contributed by atoms with E-state index in [0.29, 0.717) is 23.9 Å². The van der Waals surface area contributed by atoms with E-state index in [9.17, 15) is 0 Å². The topological polar surface area (TPSA) is 15.7 Å². The van der Waals surface area contributed by atoms with Crippen molar-refractivity contribution in [2.75, 3.05) is 50.1 Å². The second-order valence-corrected chi connectivity index (χ2v) is 16.8. The summed E-state index contributed by atoms with van der Waals surface area (Å²) in [5.41, 5.74) is 11.1. The van der Waals surface area contributed by atoms with Gasteiger partial charge in [-0.25, -0.2) is 0 Å². The number of piperidine rings is 2. The Balaban J connectivity index is 1.26. The largest absolute Gasteiger partial charge is 0.319 e. The molecule has 2 aromatic carbocycles. The molecule has 228 valence electrons. The lowest BCUT2D eigenvalue weighted by Crippen LogP contribution is -2.83. The highest BCUT2D eigenvalue weighted by Crippen LogP contribution is 2.79. The van der Waals surface area contributed by atoms with Crippen LogP contribution in [-0.2, 0) is 15.6 Å². The molecule has 45 heavy (non-hydrogen) atoms. The molecule has 0 aromatic heterocycles. The van der Waals surface area contributed by atoms with E-state index in [0.717, 1.165) is 8.97 Å². The number of rotatable bonds is 0. The van der Waals surface area contributed by atoms with E-state index in [4.69, 9.17) is 4.74 Å². The highest BCUT2D eigenvalue weighted by atomic mass is 16.6. The number of benzene rings is 2. The molecule has 0 radical (unpaired) electrons. The molecule has 0 amide bonds. The second-order valence-electron chi connectivity index (χ2n) is 16.8. The van der Waals surface area contributed by atoms with Crippen molar-refractivity contribution in [1.82, 2.24) is 0 Å². The number of hydrogen-bond acceptors (Lipinski definition) is 3. The van der Waals surface area contributed by atoms with Crippen LogP contribution in [0.3, 0.4) is 0 Å². The van der Waals surface area contributed by atoms with Gasteiger partial charge in [0.25, 0.3) is 0 Å². The zero-order valence-electron chi connectivity index (χ0n) is 27.1. The fraction of sp³-hybridized carbons (Fsp3) is 0.500. The van der Waals surface area contributed by atoms with Crippen molar-refractivity contribution in [2.24, 2.45) is 11.8 Å². The van der Waals surface area contributed by atoms with Crippen LogP contribution in [0.15, 0.2) is 95.4 Å². The minimum Gasteiger partial charge on any atom is -0.319 e. The average molecular weight is 597 g/mol. The Morgan fingerprint density at radius 2 is 1.13 bits per heavy atom. The minimum absolute atomic E-state index is 0.0640. The number of quaternary nitrogens is 2. The molecule has 2 aromatic rings. The Morgan fingerprint density at radius 1 is 0.689 bits per heavy atom. The van der Waals surface area contributed by atoms with Crippen LogP contribution in [0, 0.1) is 11.8 Å². The van der Waals surface area contributed by atoms with Crippen molar-refractivity contribution in [3.63, 3.8) is 0 Å². The SMILES string of the molecule is C/C=C1\C[N@+]2(C)CC[C@@]34c5ccccc5N5C=C6[C@H]7C[C@H]8[C@@]9(CC[N@@+]8(C)C/C7=C\C)c7ccccc7N7C=C([C@H]1C[C@@H]32)[C@]54O[C@@]679. The van der Waals surface area contributed by atoms with Crippen LogP contribution in [0.4, 0.5) is 11.4 Å². The van der Waals surface area contributed by atoms with Gasteiger partial charge in [-0.1, -0.05) is 48.6 Å². The number of allylic oxidation sites excluding steroid dienone is 2. The van der Waals surface area contributed by atoms with E-state index in [-0.39, 0.29) is 10.8 Å². The summed E-state index contributed by atoms with van der Waals surface area (Å²) in [7, 11) is 5.15. The standard InChI is InChI=1S/C40H44N4O/c1-5-25-23-43(3)17-15-37-29-11-7-10-14-34(29)42-22-32-28-20-36-38(16-18-44(36,4)24-26(28)6-2)30-12-8-9-13-33(30)41-21-31(27(25)19-35(37)43)39(37,42)45-40(32,38)41/h5-14,21-22,27-28,35-36H,15-20,23-24H2,1-4H3/q+2/b25-5+,26-6+/t27-,28-,35-,36-,37+,38+,39+,40+,43-,44-/m0/s1. The summed E-state index contributed by atoms with van der Waals surface area (Å²) in [5.74, 6) is 0.841. The van der Waals surface area contributed by atoms with Gasteiger partial charge in [-0.15, -0.1) is 0 Å². The molecule has 6 bridgehead atoms. The van der Waals surface area contributed by atoms with Crippen LogP contribution in [0.5, 0.6) is 0 Å². The molecular formula is C40H44N4O+2. The molecule has 8 aliphatic heterocycles. The van der Waals surface area contributed by atoms with Gasteiger partial charge < -0.3 is 23.5 Å². The summed E-state index contributed by atoms with van der Waals surface area (Å²) in [6, 6.07) is 20.1. The van der Waals surface area contributed by atoms with Crippen molar-refractivity contribution < 1.29 is 13.7 Å². The van der Waals surface area contributed by atoms with Crippen molar-refractivity contribution in [2.45, 2.75) is 73.9 Å². The summed E-state index contributed by atoms with van der Waals surface area (Å²) >= 11 is 0. The van der Waals surface area contributed by atoms with Crippen LogP contribution < -0.4 is 9.80 Å². The molecular weight excluding hydrogens is 552 g/mol. The maximum absolute atomic E-state index is 8.68. The lowest BCUT2D eigenvalue weighted by molar-refractivity contribution is -0.925. The first-order valence-corrected chi connectivity index (χ1v) is 17.7. The van der Waals surface area contributed by atoms with Gasteiger partial charge in [0.2, 0.25) is 0 Å². The van der Waals surface area contributed by atoms with Gasteiger partial charge in [0.15, 0.2) is 11.4 Å². The summed E-state index contributed by atoms with van der Waals surface area (Å²) in [6.07, 6.45) is 15.2. The first-order valence-electron chi connectivity index (χ1n) is 17.7. The molecule has 8 heterocycles. The van der Waals surface area contributed by atoms with Crippen molar-refractivity contribution in [3.05, 3.63) is 107 Å². The number of fused-ring (bicyclic) bond motifs is 8. The van der Waals surface area contributed by atoms with Crippen molar-refractivity contribution in [1.29, 1.82) is 0 Å². The number of para-hydroxylation sites is 2. The molecule has 10 aliphatic rings. The molecule has 5 nitrogen and oxygen atoms in total. The first-order chi connectivity index (χ1) is 21.8. The van der Waals surface area contributed by atoms with Crippen molar-refractivity contribution in [3.8, 4) is 0 Å². The Hall–Kier alpha value is -3.12. The summed E-state index contributed by atoms with van der Waals surface area (Å²) < 4.78 is 11.0. The van der Waals surface area contributed by atoms with Crippen LogP contribution in [0.25, 0.3) is 0 Å². The summed E-state index contributed by atoms with van der Waals surface area (Å²) in [6.45, 7) is 9.36. The van der Waals surface area contributed by atoms with Crippen molar-refractivity contribution >= 4 is 11.4 Å². The lowest BCUT2D eigenvalue weighted by atomic mass is 9.51. The highest BCUT2D eigenvalue weighted by molar-refractivity contribution is 5.82. The molecule has 6 fully saturated rings. The van der Waals surface area contributed by atoms with Gasteiger partial charge in [0.1, 0.15) is 36.0 Å². The molecule has 0 N–H and O–H groups in total. The minimum atomic E-state index is -0.502. The Kier molecular flexibility index (Phi) is 3.93. The summed E-state index contributed by atoms with van der Waals surface area (Å²) in [5, 5.41) is 0. The van der Waals surface area contributed by atoms with Crippen LogP contribution in [-0.4, -0.2) is 72.8 Å². The predicted molar refractivity (Wildman–Crippen MR) is 176 cm³/mol. The molecule has 2 saturated carbocycles. The Morgan fingerprint density at radius 3 is 1.58 bits per heavy atom. The van der Waals surface area contributed by atoms with Crippen LogP contribution in [0.2, 0.25) is 0 Å². The summed E-state index contributed by atoms with van der Waals surface area (Å²) in [4.78, 5) is 5.48. The van der Waals surface area contributed by atoms with Gasteiger partial charge in [0, 0.05) is 72.4 Å². The van der Waals surface area contributed by atoms with E-state index in [1.165, 1.54) is 74.4 Å². The monoisotopic (exact) mass is 596 g/mol. The van der Waals surface area contributed by atoms with Gasteiger partial charge in [-0.2, -0.15) is 0 Å². The number of likely N-dealkylation sites (N-methyl/N-ethyl adjacent to an activating group) is 2. The molecule has 0 unspecified atom stereocenters. The van der Waals surface area contributed by atoms with Gasteiger partial charge in [-0.3, -0.25) is 0 Å². The normalized spacial score (nSPS) is 51.1. The Labute approximate surface area is 266 Å². The maximum atomic E-state index is 8.68. The third kappa shape index (κ3) is 2.12. The van der Waals surface area contributed by atoms with Crippen LogP contribution >= 0.6 is 0 Å².